The van der Waals surface area contributed by atoms with E-state index in [1.54, 1.807) is 11.3 Å². The van der Waals surface area contributed by atoms with Gasteiger partial charge in [0.2, 0.25) is 11.9 Å². The van der Waals surface area contributed by atoms with Gasteiger partial charge in [-0.25, -0.2) is 15.0 Å². The fourth-order valence-corrected chi connectivity index (χ4v) is 5.45. The molecule has 1 saturated carbocycles. The minimum absolute atomic E-state index is 0.187. The van der Waals surface area contributed by atoms with Crippen LogP contribution in [0.15, 0.2) is 12.3 Å². The van der Waals surface area contributed by atoms with Crippen LogP contribution < -0.4 is 15.5 Å². The maximum atomic E-state index is 12.5. The molecule has 4 atom stereocenters. The molecule has 0 radical (unpaired) electrons. The largest absolute Gasteiger partial charge is 0.351 e. The van der Waals surface area contributed by atoms with Crippen LogP contribution in [-0.2, 0) is 4.79 Å². The van der Waals surface area contributed by atoms with E-state index in [1.165, 1.54) is 0 Å². The van der Waals surface area contributed by atoms with Gasteiger partial charge in [0.1, 0.15) is 0 Å². The summed E-state index contributed by atoms with van der Waals surface area (Å²) in [5, 5.41) is 7.65. The number of thiazole rings is 1. The highest BCUT2D eigenvalue weighted by atomic mass is 32.1. The van der Waals surface area contributed by atoms with E-state index >= 15 is 0 Å². The highest BCUT2D eigenvalue weighted by molar-refractivity contribution is 7.15. The van der Waals surface area contributed by atoms with Gasteiger partial charge in [-0.3, -0.25) is 4.79 Å². The maximum Gasteiger partial charge on any atom is 0.225 e. The Labute approximate surface area is 162 Å². The van der Waals surface area contributed by atoms with Crippen molar-refractivity contribution in [1.29, 1.82) is 0 Å². The van der Waals surface area contributed by atoms with Crippen LogP contribution in [0.25, 0.3) is 10.6 Å². The zero-order chi connectivity index (χ0) is 18.5. The van der Waals surface area contributed by atoms with Gasteiger partial charge in [-0.1, -0.05) is 0 Å². The van der Waals surface area contributed by atoms with Crippen LogP contribution in [0.3, 0.4) is 0 Å². The predicted molar refractivity (Wildman–Crippen MR) is 105 cm³/mol. The second-order valence-corrected chi connectivity index (χ2v) is 9.04. The second kappa shape index (κ2) is 6.53. The van der Waals surface area contributed by atoms with E-state index in [0.29, 0.717) is 11.8 Å². The molecule has 2 saturated heterocycles. The molecule has 3 aliphatic rings. The van der Waals surface area contributed by atoms with Gasteiger partial charge in [-0.2, -0.15) is 0 Å². The molecule has 142 valence electrons. The molecule has 4 heterocycles. The molecule has 1 amide bonds. The number of carbonyl (C=O) groups is 1. The van der Waals surface area contributed by atoms with Crippen molar-refractivity contribution in [1.82, 2.24) is 25.6 Å². The predicted octanol–water partition coefficient (Wildman–Crippen LogP) is 1.38. The standard InChI is InChI=1S/C19H24N6OS/c1-10-17(27-11(2)22-10)15-3-5-21-19(24-15)25-6-4-12(9-25)23-18(26)16-13-7-20-8-14(13)16/h3,5,12-14,16,20H,4,6-9H2,1-2H3,(H,23,26)/t12?,13-,14+,16?. The monoisotopic (exact) mass is 384 g/mol. The van der Waals surface area contributed by atoms with Gasteiger partial charge in [0.25, 0.3) is 0 Å². The topological polar surface area (TPSA) is 83.0 Å². The van der Waals surface area contributed by atoms with Crippen LogP contribution in [0.2, 0.25) is 0 Å². The third-order valence-corrected chi connectivity index (χ3v) is 7.09. The minimum Gasteiger partial charge on any atom is -0.351 e. The Morgan fingerprint density at radius 2 is 2.11 bits per heavy atom. The first-order chi connectivity index (χ1) is 13.1. The van der Waals surface area contributed by atoms with E-state index < -0.39 is 0 Å². The Kier molecular flexibility index (Phi) is 4.12. The summed E-state index contributed by atoms with van der Waals surface area (Å²) in [5.41, 5.74) is 1.94. The van der Waals surface area contributed by atoms with Gasteiger partial charge in [0.15, 0.2) is 0 Å². The summed E-state index contributed by atoms with van der Waals surface area (Å²) in [5.74, 6) is 2.34. The summed E-state index contributed by atoms with van der Waals surface area (Å²) in [6.45, 7) is 7.67. The molecule has 2 aromatic heterocycles. The molecule has 0 aromatic carbocycles. The van der Waals surface area contributed by atoms with Crippen LogP contribution in [0.5, 0.6) is 0 Å². The van der Waals surface area contributed by atoms with Crippen LogP contribution in [0, 0.1) is 31.6 Å². The normalized spacial score (nSPS) is 29.0. The molecule has 2 unspecified atom stereocenters. The quantitative estimate of drug-likeness (QED) is 0.829. The van der Waals surface area contributed by atoms with E-state index in [1.807, 2.05) is 26.1 Å². The smallest absolute Gasteiger partial charge is 0.225 e. The lowest BCUT2D eigenvalue weighted by Crippen LogP contribution is -2.39. The van der Waals surface area contributed by atoms with Gasteiger partial charge in [0.05, 0.1) is 21.3 Å². The van der Waals surface area contributed by atoms with E-state index in [0.717, 1.165) is 59.8 Å². The van der Waals surface area contributed by atoms with Gasteiger partial charge < -0.3 is 15.5 Å². The van der Waals surface area contributed by atoms with Crippen molar-refractivity contribution in [2.45, 2.75) is 26.3 Å². The maximum absolute atomic E-state index is 12.5. The van der Waals surface area contributed by atoms with Crippen molar-refractivity contribution in [2.24, 2.45) is 17.8 Å². The van der Waals surface area contributed by atoms with Crippen molar-refractivity contribution in [2.75, 3.05) is 31.1 Å². The summed E-state index contributed by atoms with van der Waals surface area (Å²) < 4.78 is 0. The zero-order valence-electron chi connectivity index (χ0n) is 15.6. The number of nitrogens with one attached hydrogen (secondary N) is 2. The average Bonchev–Trinajstić information content (AvgIpc) is 3.07. The van der Waals surface area contributed by atoms with Crippen molar-refractivity contribution in [3.8, 4) is 10.6 Å². The van der Waals surface area contributed by atoms with Crippen LogP contribution in [0.1, 0.15) is 17.1 Å². The number of hydrogen-bond acceptors (Lipinski definition) is 7. The fourth-order valence-electron chi connectivity index (χ4n) is 4.56. The molecule has 2 aliphatic heterocycles. The van der Waals surface area contributed by atoms with Gasteiger partial charge in [-0.15, -0.1) is 11.3 Å². The molecule has 8 heteroatoms. The summed E-state index contributed by atoms with van der Waals surface area (Å²) in [7, 11) is 0. The first-order valence-electron chi connectivity index (χ1n) is 9.63. The van der Waals surface area contributed by atoms with E-state index in [4.69, 9.17) is 4.98 Å². The van der Waals surface area contributed by atoms with E-state index in [9.17, 15) is 4.79 Å². The van der Waals surface area contributed by atoms with Crippen LogP contribution in [-0.4, -0.2) is 53.1 Å². The Hall–Kier alpha value is -2.06. The summed E-state index contributed by atoms with van der Waals surface area (Å²) in [6, 6.07) is 2.13. The van der Waals surface area contributed by atoms with Gasteiger partial charge in [0, 0.05) is 31.2 Å². The SMILES string of the molecule is Cc1nc(C)c(-c2ccnc(N3CCC(NC(=O)C4[C@H]5CNC[C@@H]45)C3)n2)s1. The number of aromatic nitrogens is 3. The molecule has 2 aromatic rings. The second-order valence-electron chi connectivity index (χ2n) is 7.84. The lowest BCUT2D eigenvalue weighted by Gasteiger charge is -2.17. The first-order valence-corrected chi connectivity index (χ1v) is 10.5. The highest BCUT2D eigenvalue weighted by Crippen LogP contribution is 2.48. The number of fused-ring (bicyclic) bond motifs is 1. The van der Waals surface area contributed by atoms with Crippen molar-refractivity contribution in [3.05, 3.63) is 23.0 Å². The molecule has 0 spiro atoms. The van der Waals surface area contributed by atoms with E-state index in [2.05, 4.69) is 25.5 Å². The lowest BCUT2D eigenvalue weighted by atomic mass is 10.2. The molecule has 0 bridgehead atoms. The molecule has 5 rings (SSSR count). The van der Waals surface area contributed by atoms with E-state index in [-0.39, 0.29) is 17.9 Å². The number of piperidine rings is 1. The lowest BCUT2D eigenvalue weighted by molar-refractivity contribution is -0.123. The van der Waals surface area contributed by atoms with Crippen LogP contribution >= 0.6 is 11.3 Å². The summed E-state index contributed by atoms with van der Waals surface area (Å²) in [4.78, 5) is 29.5. The van der Waals surface area contributed by atoms with Crippen molar-refractivity contribution < 1.29 is 4.79 Å². The van der Waals surface area contributed by atoms with Gasteiger partial charge >= 0.3 is 0 Å². The highest BCUT2D eigenvalue weighted by Gasteiger charge is 2.57. The Balaban J connectivity index is 1.24. The molecule has 27 heavy (non-hydrogen) atoms. The number of aryl methyl sites for hydroxylation is 2. The first kappa shape index (κ1) is 17.1. The van der Waals surface area contributed by atoms with Gasteiger partial charge in [-0.05, 0) is 51.3 Å². The molecule has 2 N–H and O–H groups in total. The number of nitrogens with zero attached hydrogens (tertiary/aromatic N) is 4. The average molecular weight is 385 g/mol. The van der Waals surface area contributed by atoms with Crippen molar-refractivity contribution in [3.63, 3.8) is 0 Å². The molecule has 1 aliphatic carbocycles. The third-order valence-electron chi connectivity index (χ3n) is 5.99. The number of anilines is 1. The third kappa shape index (κ3) is 3.10. The minimum atomic E-state index is 0.187. The Morgan fingerprint density at radius 1 is 1.30 bits per heavy atom. The molecule has 7 nitrogen and oxygen atoms in total. The number of rotatable bonds is 4. The number of amides is 1. The molecular weight excluding hydrogens is 360 g/mol. The molecular formula is C19H24N6OS. The fraction of sp³-hybridized carbons (Fsp3) is 0.579. The molecule has 3 fully saturated rings. The zero-order valence-corrected chi connectivity index (χ0v) is 16.4. The summed E-state index contributed by atoms with van der Waals surface area (Å²) in [6.07, 6.45) is 2.76. The Bertz CT molecular complexity index is 873. The van der Waals surface area contributed by atoms with Crippen LogP contribution in [0.4, 0.5) is 5.95 Å². The number of hydrogen-bond donors (Lipinski definition) is 2. The Morgan fingerprint density at radius 3 is 2.85 bits per heavy atom. The van der Waals surface area contributed by atoms with Crippen molar-refractivity contribution >= 4 is 23.2 Å². The summed E-state index contributed by atoms with van der Waals surface area (Å²) >= 11 is 1.66. The number of carbonyl (C=O) groups excluding carboxylic acids is 1.